The van der Waals surface area contributed by atoms with Crippen LogP contribution in [0.15, 0.2) is 84.2 Å². The molecule has 36 heavy (non-hydrogen) atoms. The lowest BCUT2D eigenvalue weighted by atomic mass is 10.0. The molecule has 1 N–H and O–H groups in total. The second-order valence-corrected chi connectivity index (χ2v) is 7.93. The molecule has 0 saturated heterocycles. The van der Waals surface area contributed by atoms with Gasteiger partial charge in [-0.3, -0.25) is 0 Å². The van der Waals surface area contributed by atoms with E-state index in [1.807, 2.05) is 25.1 Å². The van der Waals surface area contributed by atoms with Gasteiger partial charge in [0, 0.05) is 22.8 Å². The third-order valence-electron chi connectivity index (χ3n) is 5.84. The lowest BCUT2D eigenvalue weighted by Crippen LogP contribution is -2.26. The molecule has 182 valence electrons. The Bertz CT molecular complexity index is 1450. The number of fused-ring (bicyclic) bond motifs is 1. The summed E-state index contributed by atoms with van der Waals surface area (Å²) in [6, 6.07) is 14.2. The van der Waals surface area contributed by atoms with Crippen LogP contribution in [0.2, 0.25) is 0 Å². The topological polar surface area (TPSA) is 106 Å². The van der Waals surface area contributed by atoms with Crippen LogP contribution >= 0.6 is 0 Å². The molecule has 0 bridgehead atoms. The van der Waals surface area contributed by atoms with E-state index < -0.39 is 17.9 Å². The molecule has 0 radical (unpaired) electrons. The zero-order valence-electron chi connectivity index (χ0n) is 20.0. The number of aryl methyl sites for hydroxylation is 1. The molecule has 0 atom stereocenters. The standard InChI is InChI=1S/C28H24N2O6/c1-4-17-8-13-23-21(15-17)22(26(31)32)16-24(29-23)18-9-11-19(12-10-18)30-14-6-5-7-20(27(33)35-2)25(30)28(34)36-3/h5-16H,4H2,1-3H3,(H,31,32). The molecule has 1 aliphatic rings. The van der Waals surface area contributed by atoms with Crippen molar-refractivity contribution in [3.05, 3.63) is 95.4 Å². The van der Waals surface area contributed by atoms with Gasteiger partial charge in [0.25, 0.3) is 0 Å². The van der Waals surface area contributed by atoms with Crippen LogP contribution in [0, 0.1) is 0 Å². The van der Waals surface area contributed by atoms with Gasteiger partial charge >= 0.3 is 17.9 Å². The Morgan fingerprint density at radius 3 is 2.31 bits per heavy atom. The predicted octanol–water partition coefficient (Wildman–Crippen LogP) is 4.65. The summed E-state index contributed by atoms with van der Waals surface area (Å²) < 4.78 is 9.77. The van der Waals surface area contributed by atoms with Crippen LogP contribution in [0.25, 0.3) is 22.2 Å². The van der Waals surface area contributed by atoms with Crippen molar-refractivity contribution in [2.24, 2.45) is 0 Å². The van der Waals surface area contributed by atoms with Crippen molar-refractivity contribution in [3.63, 3.8) is 0 Å². The summed E-state index contributed by atoms with van der Waals surface area (Å²) in [5, 5.41) is 10.4. The Balaban J connectivity index is 1.78. The minimum absolute atomic E-state index is 0.00539. The van der Waals surface area contributed by atoms with Crippen LogP contribution in [0.5, 0.6) is 0 Å². The first kappa shape index (κ1) is 24.4. The number of nitrogens with zero attached hydrogens (tertiary/aromatic N) is 2. The highest BCUT2D eigenvalue weighted by atomic mass is 16.5. The molecule has 4 rings (SSSR count). The maximum Gasteiger partial charge on any atom is 0.355 e. The van der Waals surface area contributed by atoms with Crippen LogP contribution in [0.1, 0.15) is 22.8 Å². The summed E-state index contributed by atoms with van der Waals surface area (Å²) in [7, 11) is 2.47. The van der Waals surface area contributed by atoms with Crippen molar-refractivity contribution in [1.29, 1.82) is 0 Å². The van der Waals surface area contributed by atoms with Gasteiger partial charge < -0.3 is 19.5 Å². The smallest absolute Gasteiger partial charge is 0.355 e. The first-order valence-corrected chi connectivity index (χ1v) is 11.2. The van der Waals surface area contributed by atoms with E-state index in [-0.39, 0.29) is 16.8 Å². The van der Waals surface area contributed by atoms with Crippen LogP contribution in [-0.4, -0.2) is 42.2 Å². The molecule has 8 heteroatoms. The van der Waals surface area contributed by atoms with E-state index in [1.165, 1.54) is 25.2 Å². The SMILES string of the molecule is CCc1ccc2nc(-c3ccc(N4C=CC=CC(C(=O)OC)=C4C(=O)OC)cc3)cc(C(=O)O)c2c1. The number of carbonyl (C=O) groups is 3. The molecule has 0 fully saturated rings. The molecular formula is C28H24N2O6. The Morgan fingerprint density at radius 1 is 0.944 bits per heavy atom. The molecule has 3 aromatic rings. The molecule has 0 amide bonds. The van der Waals surface area contributed by atoms with Crippen LogP contribution in [-0.2, 0) is 25.5 Å². The summed E-state index contributed by atoms with van der Waals surface area (Å²) in [6.07, 6.45) is 7.22. The molecule has 0 unspecified atom stereocenters. The van der Waals surface area contributed by atoms with Crippen molar-refractivity contribution >= 4 is 34.5 Å². The Hall–Kier alpha value is -4.72. The van der Waals surface area contributed by atoms with Gasteiger partial charge in [0.05, 0.1) is 36.6 Å². The van der Waals surface area contributed by atoms with Crippen LogP contribution < -0.4 is 4.90 Å². The first-order chi connectivity index (χ1) is 17.4. The zero-order valence-corrected chi connectivity index (χ0v) is 20.0. The fourth-order valence-electron chi connectivity index (χ4n) is 3.98. The maximum atomic E-state index is 12.6. The molecule has 2 heterocycles. The number of hydrogen-bond acceptors (Lipinski definition) is 7. The number of aromatic carboxylic acids is 1. The predicted molar refractivity (Wildman–Crippen MR) is 135 cm³/mol. The number of aromatic nitrogens is 1. The van der Waals surface area contributed by atoms with Gasteiger partial charge in [-0.15, -0.1) is 0 Å². The highest BCUT2D eigenvalue weighted by Gasteiger charge is 2.27. The van der Waals surface area contributed by atoms with Crippen molar-refractivity contribution in [1.82, 2.24) is 4.98 Å². The number of hydrogen-bond donors (Lipinski definition) is 1. The third-order valence-corrected chi connectivity index (χ3v) is 5.84. The van der Waals surface area contributed by atoms with Gasteiger partial charge in [0.2, 0.25) is 0 Å². The quantitative estimate of drug-likeness (QED) is 0.504. The number of methoxy groups -OCH3 is 2. The van der Waals surface area contributed by atoms with Crippen LogP contribution in [0.4, 0.5) is 5.69 Å². The highest BCUT2D eigenvalue weighted by molar-refractivity contribution is 6.06. The van der Waals surface area contributed by atoms with Crippen molar-refractivity contribution in [3.8, 4) is 11.3 Å². The normalized spacial score (nSPS) is 13.0. The van der Waals surface area contributed by atoms with Gasteiger partial charge in [-0.2, -0.15) is 0 Å². The zero-order chi connectivity index (χ0) is 25.8. The number of pyridine rings is 1. The third kappa shape index (κ3) is 4.61. The number of carbonyl (C=O) groups excluding carboxylic acids is 2. The van der Waals surface area contributed by atoms with Gasteiger partial charge in [0.1, 0.15) is 5.70 Å². The molecule has 8 nitrogen and oxygen atoms in total. The lowest BCUT2D eigenvalue weighted by Gasteiger charge is -2.23. The van der Waals surface area contributed by atoms with E-state index in [1.54, 1.807) is 48.7 Å². The summed E-state index contributed by atoms with van der Waals surface area (Å²) in [5.74, 6) is -2.41. The Labute approximate surface area is 207 Å². The van der Waals surface area contributed by atoms with Crippen LogP contribution in [0.3, 0.4) is 0 Å². The van der Waals surface area contributed by atoms with Crippen molar-refractivity contribution < 1.29 is 29.0 Å². The fraction of sp³-hybridized carbons (Fsp3) is 0.143. The second-order valence-electron chi connectivity index (χ2n) is 7.93. The minimum Gasteiger partial charge on any atom is -0.478 e. The van der Waals surface area contributed by atoms with E-state index >= 15 is 0 Å². The number of ether oxygens (including phenoxy) is 2. The summed E-state index contributed by atoms with van der Waals surface area (Å²) in [4.78, 5) is 43.2. The number of benzene rings is 2. The van der Waals surface area contributed by atoms with Gasteiger partial charge in [0.15, 0.2) is 0 Å². The summed E-state index contributed by atoms with van der Waals surface area (Å²) in [6.45, 7) is 2.01. The second kappa shape index (κ2) is 10.3. The monoisotopic (exact) mass is 484 g/mol. The van der Waals surface area contributed by atoms with E-state index in [4.69, 9.17) is 9.47 Å². The Kier molecular flexibility index (Phi) is 6.96. The number of esters is 2. The molecule has 2 aromatic carbocycles. The number of anilines is 1. The van der Waals surface area contributed by atoms with Crippen molar-refractivity contribution in [2.45, 2.75) is 13.3 Å². The van der Waals surface area contributed by atoms with E-state index in [2.05, 4.69) is 4.98 Å². The Morgan fingerprint density at radius 2 is 1.67 bits per heavy atom. The van der Waals surface area contributed by atoms with E-state index in [0.29, 0.717) is 27.8 Å². The van der Waals surface area contributed by atoms with Crippen molar-refractivity contribution in [2.75, 3.05) is 19.1 Å². The number of carboxylic acid groups (broad SMARTS) is 1. The molecule has 0 aliphatic carbocycles. The molecule has 0 spiro atoms. The average molecular weight is 485 g/mol. The van der Waals surface area contributed by atoms with E-state index in [9.17, 15) is 19.5 Å². The fourth-order valence-corrected chi connectivity index (χ4v) is 3.98. The summed E-state index contributed by atoms with van der Waals surface area (Å²) in [5.41, 5.74) is 3.62. The first-order valence-electron chi connectivity index (χ1n) is 11.2. The van der Waals surface area contributed by atoms with Gasteiger partial charge in [-0.1, -0.05) is 31.2 Å². The number of rotatable bonds is 6. The number of allylic oxidation sites excluding steroid dienone is 2. The lowest BCUT2D eigenvalue weighted by molar-refractivity contribution is -0.139. The summed E-state index contributed by atoms with van der Waals surface area (Å²) >= 11 is 0. The maximum absolute atomic E-state index is 12.6. The minimum atomic E-state index is -1.03. The van der Waals surface area contributed by atoms with Gasteiger partial charge in [-0.25, -0.2) is 19.4 Å². The molecular weight excluding hydrogens is 460 g/mol. The molecule has 0 saturated carbocycles. The average Bonchev–Trinajstić information content (AvgIpc) is 3.14. The number of carboxylic acids is 1. The highest BCUT2D eigenvalue weighted by Crippen LogP contribution is 2.30. The van der Waals surface area contributed by atoms with Gasteiger partial charge in [-0.05, 0) is 54.5 Å². The molecule has 1 aliphatic heterocycles. The molecule has 1 aromatic heterocycles. The largest absolute Gasteiger partial charge is 0.478 e. The van der Waals surface area contributed by atoms with E-state index in [0.717, 1.165) is 12.0 Å².